The molecule has 2 aliphatic carbocycles. The average molecular weight is 650 g/mol. The molecule has 246 valence electrons. The van der Waals surface area contributed by atoms with E-state index in [2.05, 4.69) is 165 Å². The molecule has 0 bridgehead atoms. The van der Waals surface area contributed by atoms with Crippen molar-refractivity contribution >= 4 is 18.4 Å². The molecule has 1 unspecified atom stereocenters. The summed E-state index contributed by atoms with van der Waals surface area (Å²) in [6, 6.07) is 34.8. The molecule has 0 aliphatic heterocycles. The molecule has 0 saturated carbocycles. The Kier molecular flexibility index (Phi) is 10.5. The van der Waals surface area contributed by atoms with Gasteiger partial charge in [0, 0.05) is 11.1 Å². The maximum atomic E-state index is 5.02. The minimum absolute atomic E-state index is 0.501. The SMILES string of the molecule is C=NC(=NC(=NCC1=CC=CCC=C1)c1ccc(-c2cccc3c2-c2ccccc2C3(C(=C)/C=C\C)c2ccccc2)cc1)C(/C=C\C)=C/C. The van der Waals surface area contributed by atoms with Crippen molar-refractivity contribution in [2.45, 2.75) is 32.6 Å². The van der Waals surface area contributed by atoms with Gasteiger partial charge in [-0.2, -0.15) is 0 Å². The van der Waals surface area contributed by atoms with Crippen LogP contribution in [-0.2, 0) is 5.41 Å². The zero-order valence-corrected chi connectivity index (χ0v) is 29.2. The summed E-state index contributed by atoms with van der Waals surface area (Å²) in [6.07, 6.45) is 21.7. The summed E-state index contributed by atoms with van der Waals surface area (Å²) >= 11 is 0. The van der Waals surface area contributed by atoms with Gasteiger partial charge in [-0.05, 0) is 84.0 Å². The van der Waals surface area contributed by atoms with Gasteiger partial charge in [-0.1, -0.05) is 164 Å². The fourth-order valence-corrected chi connectivity index (χ4v) is 7.08. The van der Waals surface area contributed by atoms with Crippen molar-refractivity contribution in [3.63, 3.8) is 0 Å². The highest BCUT2D eigenvalue weighted by Crippen LogP contribution is 2.58. The Labute approximate surface area is 297 Å². The van der Waals surface area contributed by atoms with Gasteiger partial charge in [-0.15, -0.1) is 0 Å². The lowest BCUT2D eigenvalue weighted by Crippen LogP contribution is -2.28. The third-order valence-electron chi connectivity index (χ3n) is 9.32. The van der Waals surface area contributed by atoms with Crippen molar-refractivity contribution in [1.29, 1.82) is 0 Å². The lowest BCUT2D eigenvalue weighted by atomic mass is 9.67. The number of amidine groups is 2. The van der Waals surface area contributed by atoms with Gasteiger partial charge in [0.25, 0.3) is 0 Å². The molecule has 0 radical (unpaired) electrons. The van der Waals surface area contributed by atoms with E-state index in [0.29, 0.717) is 18.2 Å². The number of hydrogen-bond donors (Lipinski definition) is 0. The molecular formula is C47H43N3. The highest BCUT2D eigenvalue weighted by Gasteiger charge is 2.46. The largest absolute Gasteiger partial charge is 0.261 e. The van der Waals surface area contributed by atoms with Crippen LogP contribution in [0, 0.1) is 0 Å². The summed E-state index contributed by atoms with van der Waals surface area (Å²) in [5.74, 6) is 1.15. The van der Waals surface area contributed by atoms with E-state index in [1.165, 1.54) is 33.4 Å². The lowest BCUT2D eigenvalue weighted by Gasteiger charge is -2.34. The van der Waals surface area contributed by atoms with E-state index in [0.717, 1.165) is 34.3 Å². The third-order valence-corrected chi connectivity index (χ3v) is 9.32. The first-order valence-electron chi connectivity index (χ1n) is 17.2. The first kappa shape index (κ1) is 34.0. The normalized spacial score (nSPS) is 17.5. The number of fused-ring (bicyclic) bond motifs is 3. The van der Waals surface area contributed by atoms with Gasteiger partial charge in [0.15, 0.2) is 11.7 Å². The van der Waals surface area contributed by atoms with Crippen LogP contribution < -0.4 is 0 Å². The summed E-state index contributed by atoms with van der Waals surface area (Å²) in [5.41, 5.74) is 11.9. The Hall–Kier alpha value is -5.93. The summed E-state index contributed by atoms with van der Waals surface area (Å²) < 4.78 is 0. The van der Waals surface area contributed by atoms with Gasteiger partial charge < -0.3 is 0 Å². The van der Waals surface area contributed by atoms with Gasteiger partial charge in [0.2, 0.25) is 0 Å². The molecule has 0 heterocycles. The molecule has 2 aliphatic rings. The highest BCUT2D eigenvalue weighted by molar-refractivity contribution is 6.13. The summed E-state index contributed by atoms with van der Waals surface area (Å²) in [4.78, 5) is 14.3. The lowest BCUT2D eigenvalue weighted by molar-refractivity contribution is 0.770. The summed E-state index contributed by atoms with van der Waals surface area (Å²) in [6.45, 7) is 15.0. The summed E-state index contributed by atoms with van der Waals surface area (Å²) in [7, 11) is 0. The van der Waals surface area contributed by atoms with Crippen molar-refractivity contribution < 1.29 is 0 Å². The third kappa shape index (κ3) is 6.43. The van der Waals surface area contributed by atoms with Gasteiger partial charge in [-0.3, -0.25) is 4.99 Å². The zero-order chi connectivity index (χ0) is 34.9. The maximum Gasteiger partial charge on any atom is 0.160 e. The fraction of sp³-hybridized carbons (Fsp3) is 0.128. The van der Waals surface area contributed by atoms with Crippen LogP contribution in [0.15, 0.2) is 196 Å². The van der Waals surface area contributed by atoms with E-state index >= 15 is 0 Å². The number of benzene rings is 4. The van der Waals surface area contributed by atoms with Gasteiger partial charge in [0.05, 0.1) is 12.0 Å². The van der Waals surface area contributed by atoms with E-state index in [4.69, 9.17) is 9.98 Å². The molecule has 0 saturated heterocycles. The quantitative estimate of drug-likeness (QED) is 0.0983. The number of hydrogen-bond acceptors (Lipinski definition) is 1. The number of allylic oxidation sites excluding steroid dienone is 9. The van der Waals surface area contributed by atoms with Crippen LogP contribution in [0.3, 0.4) is 0 Å². The van der Waals surface area contributed by atoms with Crippen molar-refractivity contribution in [2.75, 3.05) is 6.54 Å². The van der Waals surface area contributed by atoms with Crippen LogP contribution in [0.25, 0.3) is 22.3 Å². The average Bonchev–Trinajstić information content (AvgIpc) is 3.25. The number of aliphatic imine (C=N–C) groups is 3. The zero-order valence-electron chi connectivity index (χ0n) is 29.2. The molecule has 0 spiro atoms. The molecule has 4 aromatic rings. The molecule has 6 rings (SSSR count). The maximum absolute atomic E-state index is 5.02. The minimum Gasteiger partial charge on any atom is -0.261 e. The Morgan fingerprint density at radius 2 is 1.50 bits per heavy atom. The second kappa shape index (κ2) is 15.5. The van der Waals surface area contributed by atoms with Crippen molar-refractivity contribution in [3.8, 4) is 22.3 Å². The molecule has 0 fully saturated rings. The Bertz CT molecular complexity index is 2150. The molecule has 3 nitrogen and oxygen atoms in total. The number of rotatable bonds is 9. The van der Waals surface area contributed by atoms with Crippen molar-refractivity contribution in [3.05, 3.63) is 203 Å². The smallest absolute Gasteiger partial charge is 0.160 e. The van der Waals surface area contributed by atoms with Crippen LogP contribution in [-0.4, -0.2) is 24.9 Å². The first-order valence-corrected chi connectivity index (χ1v) is 17.2. The van der Waals surface area contributed by atoms with E-state index in [1.54, 1.807) is 0 Å². The summed E-state index contributed by atoms with van der Waals surface area (Å²) in [5, 5.41) is 0. The molecule has 50 heavy (non-hydrogen) atoms. The van der Waals surface area contributed by atoms with E-state index in [1.807, 2.05) is 32.1 Å². The second-order valence-corrected chi connectivity index (χ2v) is 12.3. The van der Waals surface area contributed by atoms with Crippen molar-refractivity contribution in [1.82, 2.24) is 0 Å². The van der Waals surface area contributed by atoms with Gasteiger partial charge >= 0.3 is 0 Å². The predicted molar refractivity (Wildman–Crippen MR) is 216 cm³/mol. The van der Waals surface area contributed by atoms with Crippen LogP contribution in [0.2, 0.25) is 0 Å². The van der Waals surface area contributed by atoms with Crippen LogP contribution >= 0.6 is 0 Å². The van der Waals surface area contributed by atoms with Crippen LogP contribution in [0.4, 0.5) is 0 Å². The second-order valence-electron chi connectivity index (χ2n) is 12.3. The predicted octanol–water partition coefficient (Wildman–Crippen LogP) is 11.6. The van der Waals surface area contributed by atoms with Gasteiger partial charge in [0.1, 0.15) is 0 Å². The van der Waals surface area contributed by atoms with Crippen LogP contribution in [0.1, 0.15) is 49.4 Å². The topological polar surface area (TPSA) is 37.1 Å². The molecular weight excluding hydrogens is 607 g/mol. The molecule has 0 aromatic heterocycles. The highest BCUT2D eigenvalue weighted by atomic mass is 15.0. The molecule has 0 amide bonds. The molecule has 1 atom stereocenters. The van der Waals surface area contributed by atoms with E-state index in [-0.39, 0.29) is 0 Å². The van der Waals surface area contributed by atoms with Crippen LogP contribution in [0.5, 0.6) is 0 Å². The Balaban J connectivity index is 1.49. The molecule has 3 heteroatoms. The fourth-order valence-electron chi connectivity index (χ4n) is 7.08. The first-order chi connectivity index (χ1) is 24.6. The Morgan fingerprint density at radius 1 is 0.780 bits per heavy atom. The van der Waals surface area contributed by atoms with E-state index in [9.17, 15) is 0 Å². The van der Waals surface area contributed by atoms with Crippen molar-refractivity contribution in [2.24, 2.45) is 15.0 Å². The Morgan fingerprint density at radius 3 is 2.24 bits per heavy atom. The van der Waals surface area contributed by atoms with E-state index < -0.39 is 5.41 Å². The monoisotopic (exact) mass is 649 g/mol. The molecule has 0 N–H and O–H groups in total. The number of nitrogens with zero attached hydrogens (tertiary/aromatic N) is 3. The minimum atomic E-state index is -0.508. The standard InChI is InChI=1S/C47H43N3/c1-6-19-34(4)47(39-23-14-11-15-24-39)42-27-17-16-25-41(42)44-40(26-18-28-43(44)47)37-29-31-38(32-30-37)46(49-33-35-21-12-9-10-13-22-35)50-45(48-5)36(8-3)20-7-2/h6-9,11-32H,4-5,10,33H2,1-3H3/b19-6-,20-7-,36-8+,49-46?,50-45?. The molecule has 4 aromatic carbocycles. The van der Waals surface area contributed by atoms with Gasteiger partial charge in [-0.25, -0.2) is 9.98 Å².